The molecule has 1 aromatic heterocycles. The lowest BCUT2D eigenvalue weighted by Gasteiger charge is -2.36. The monoisotopic (exact) mass is 502 g/mol. The van der Waals surface area contributed by atoms with Crippen LogP contribution in [0.25, 0.3) is 0 Å². The number of ketones is 1. The molecule has 1 aromatic carbocycles. The molecule has 1 saturated carbocycles. The van der Waals surface area contributed by atoms with E-state index >= 15 is 0 Å². The van der Waals surface area contributed by atoms with Crippen molar-refractivity contribution in [3.05, 3.63) is 65.0 Å². The van der Waals surface area contributed by atoms with Crippen molar-refractivity contribution in [2.24, 2.45) is 11.8 Å². The molecule has 1 aliphatic heterocycles. The van der Waals surface area contributed by atoms with Crippen molar-refractivity contribution in [2.45, 2.75) is 70.1 Å². The largest absolute Gasteiger partial charge is 0.416 e. The van der Waals surface area contributed by atoms with Gasteiger partial charge < -0.3 is 10.0 Å². The van der Waals surface area contributed by atoms with Crippen LogP contribution in [-0.2, 0) is 16.6 Å². The summed E-state index contributed by atoms with van der Waals surface area (Å²) in [5, 5.41) is 11.1. The van der Waals surface area contributed by atoms with Gasteiger partial charge in [0.1, 0.15) is 5.60 Å². The van der Waals surface area contributed by atoms with E-state index in [0.29, 0.717) is 37.8 Å². The van der Waals surface area contributed by atoms with Gasteiger partial charge in [-0.15, -0.1) is 0 Å². The number of Topliss-reactive ketones (excluding diaryl/α,β-unsaturated/α-hetero) is 1. The molecule has 2 aliphatic rings. The second kappa shape index (κ2) is 10.7. The van der Waals surface area contributed by atoms with E-state index < -0.39 is 23.1 Å². The average molecular weight is 503 g/mol. The fourth-order valence-corrected chi connectivity index (χ4v) is 5.55. The van der Waals surface area contributed by atoms with Crippen LogP contribution in [0.1, 0.15) is 78.5 Å². The van der Waals surface area contributed by atoms with Crippen molar-refractivity contribution in [3.8, 4) is 0 Å². The van der Waals surface area contributed by atoms with Crippen LogP contribution in [0.4, 0.5) is 13.2 Å². The third-order valence-corrected chi connectivity index (χ3v) is 7.71. The van der Waals surface area contributed by atoms with E-state index in [9.17, 15) is 27.9 Å². The fourth-order valence-electron chi connectivity index (χ4n) is 5.55. The summed E-state index contributed by atoms with van der Waals surface area (Å²) in [5.74, 6) is 0.309. The quantitative estimate of drug-likeness (QED) is 0.494. The molecule has 0 radical (unpaired) electrons. The maximum atomic E-state index is 12.9. The van der Waals surface area contributed by atoms with Gasteiger partial charge in [-0.1, -0.05) is 12.1 Å². The molecule has 2 heterocycles. The van der Waals surface area contributed by atoms with Crippen LogP contribution in [-0.4, -0.2) is 39.8 Å². The number of hydrogen-bond donors (Lipinski definition) is 1. The summed E-state index contributed by atoms with van der Waals surface area (Å²) in [4.78, 5) is 31.2. The van der Waals surface area contributed by atoms with Gasteiger partial charge in [-0.05, 0) is 87.1 Å². The van der Waals surface area contributed by atoms with Gasteiger partial charge in [-0.3, -0.25) is 14.6 Å². The number of amides is 1. The molecule has 1 aliphatic carbocycles. The zero-order valence-electron chi connectivity index (χ0n) is 20.6. The number of aromatic nitrogens is 1. The Hall–Kier alpha value is -2.74. The molecule has 194 valence electrons. The van der Waals surface area contributed by atoms with Crippen LogP contribution in [0.2, 0.25) is 0 Å². The zero-order chi connectivity index (χ0) is 25.9. The minimum Gasteiger partial charge on any atom is -0.384 e. The van der Waals surface area contributed by atoms with Gasteiger partial charge in [0, 0.05) is 37.7 Å². The van der Waals surface area contributed by atoms with Crippen LogP contribution in [0.15, 0.2) is 42.6 Å². The number of aryl methyl sites for hydroxylation is 1. The first kappa shape index (κ1) is 26.3. The molecule has 1 N–H and O–H groups in total. The van der Waals surface area contributed by atoms with Crippen LogP contribution in [0.3, 0.4) is 0 Å². The first-order valence-electron chi connectivity index (χ1n) is 12.7. The lowest BCUT2D eigenvalue weighted by atomic mass is 9.74. The summed E-state index contributed by atoms with van der Waals surface area (Å²) < 4.78 is 38.7. The topological polar surface area (TPSA) is 70.5 Å². The smallest absolute Gasteiger partial charge is 0.384 e. The summed E-state index contributed by atoms with van der Waals surface area (Å²) in [7, 11) is 0. The number of aliphatic hydroxyl groups is 1. The Labute approximate surface area is 209 Å². The number of carbonyl (C=O) groups is 2. The van der Waals surface area contributed by atoms with E-state index in [4.69, 9.17) is 0 Å². The summed E-state index contributed by atoms with van der Waals surface area (Å²) in [6.45, 7) is 3.29. The molecule has 0 spiro atoms. The minimum absolute atomic E-state index is 0.00174. The Morgan fingerprint density at radius 3 is 2.53 bits per heavy atom. The number of alkyl halides is 3. The van der Waals surface area contributed by atoms with Crippen molar-refractivity contribution >= 4 is 11.7 Å². The Kier molecular flexibility index (Phi) is 7.83. The maximum absolute atomic E-state index is 12.9. The number of carbonyl (C=O) groups excluding carboxylic acids is 2. The number of nitrogens with zero attached hydrogens (tertiary/aromatic N) is 2. The van der Waals surface area contributed by atoms with Gasteiger partial charge >= 0.3 is 6.18 Å². The molecule has 0 bridgehead atoms. The molecule has 1 saturated heterocycles. The third-order valence-electron chi connectivity index (χ3n) is 7.71. The predicted molar refractivity (Wildman–Crippen MR) is 129 cm³/mol. The van der Waals surface area contributed by atoms with E-state index in [1.807, 2.05) is 19.1 Å². The van der Waals surface area contributed by atoms with Crippen molar-refractivity contribution in [1.29, 1.82) is 0 Å². The molecule has 8 heteroatoms. The normalized spacial score (nSPS) is 24.6. The van der Waals surface area contributed by atoms with E-state index in [0.717, 1.165) is 49.1 Å². The van der Waals surface area contributed by atoms with Crippen molar-refractivity contribution < 1.29 is 27.9 Å². The van der Waals surface area contributed by atoms with Crippen LogP contribution < -0.4 is 0 Å². The van der Waals surface area contributed by atoms with Crippen LogP contribution in [0.5, 0.6) is 0 Å². The molecule has 1 atom stereocenters. The molecule has 2 fully saturated rings. The SMILES string of the molecule is Cc1ccnc(C2(O)CCC(C[C@H]3CCN(C(=O)CCC(=O)c4cccc(C(F)(F)F)c4)C3)CC2)c1. The number of halogens is 3. The average Bonchev–Trinajstić information content (AvgIpc) is 3.32. The Bertz CT molecular complexity index is 1090. The zero-order valence-corrected chi connectivity index (χ0v) is 20.6. The van der Waals surface area contributed by atoms with Crippen molar-refractivity contribution in [1.82, 2.24) is 9.88 Å². The lowest BCUT2D eigenvalue weighted by Crippen LogP contribution is -2.33. The number of likely N-dealkylation sites (tertiary alicyclic amines) is 1. The van der Waals surface area contributed by atoms with Gasteiger partial charge in [-0.2, -0.15) is 13.2 Å². The number of rotatable bonds is 7. The van der Waals surface area contributed by atoms with Crippen molar-refractivity contribution in [3.63, 3.8) is 0 Å². The Balaban J connectivity index is 1.22. The fraction of sp³-hybridized carbons (Fsp3) is 0.536. The molecule has 4 rings (SSSR count). The maximum Gasteiger partial charge on any atom is 0.416 e. The summed E-state index contributed by atoms with van der Waals surface area (Å²) in [6, 6.07) is 8.23. The first-order valence-corrected chi connectivity index (χ1v) is 12.7. The standard InChI is InChI=1S/C28H33F3N2O3/c1-19-9-13-32-25(15-19)27(36)11-7-20(8-12-27)16-21-10-14-33(18-21)26(35)6-5-24(34)22-3-2-4-23(17-22)28(29,30)31/h2-4,9,13,15,17,20-21,36H,5-8,10-12,14,16,18H2,1H3/t20?,21-,27?/m1/s1. The van der Waals surface area contributed by atoms with E-state index in [1.165, 1.54) is 12.1 Å². The second-order valence-corrected chi connectivity index (χ2v) is 10.4. The Morgan fingerprint density at radius 2 is 1.83 bits per heavy atom. The number of pyridine rings is 1. The van der Waals surface area contributed by atoms with Crippen LogP contribution in [0, 0.1) is 18.8 Å². The van der Waals surface area contributed by atoms with E-state index in [2.05, 4.69) is 4.98 Å². The lowest BCUT2D eigenvalue weighted by molar-refractivity contribution is -0.137. The highest BCUT2D eigenvalue weighted by atomic mass is 19.4. The van der Waals surface area contributed by atoms with Gasteiger partial charge in [0.2, 0.25) is 5.91 Å². The summed E-state index contributed by atoms with van der Waals surface area (Å²) >= 11 is 0. The molecular formula is C28H33F3N2O3. The van der Waals surface area contributed by atoms with E-state index in [1.54, 1.807) is 11.1 Å². The van der Waals surface area contributed by atoms with Gasteiger partial charge in [0.25, 0.3) is 0 Å². The van der Waals surface area contributed by atoms with Crippen molar-refractivity contribution in [2.75, 3.05) is 13.1 Å². The first-order chi connectivity index (χ1) is 17.0. The van der Waals surface area contributed by atoms with Gasteiger partial charge in [-0.25, -0.2) is 0 Å². The molecule has 5 nitrogen and oxygen atoms in total. The third kappa shape index (κ3) is 6.33. The minimum atomic E-state index is -4.51. The highest BCUT2D eigenvalue weighted by Crippen LogP contribution is 2.41. The van der Waals surface area contributed by atoms with E-state index in [-0.39, 0.29) is 24.3 Å². The molecule has 36 heavy (non-hydrogen) atoms. The molecule has 0 unspecified atom stereocenters. The summed E-state index contributed by atoms with van der Waals surface area (Å²) in [6.07, 6.45) is 2.25. The van der Waals surface area contributed by atoms with Crippen LogP contribution >= 0.6 is 0 Å². The highest BCUT2D eigenvalue weighted by molar-refractivity contribution is 5.98. The second-order valence-electron chi connectivity index (χ2n) is 10.4. The number of hydrogen-bond acceptors (Lipinski definition) is 4. The Morgan fingerprint density at radius 1 is 1.08 bits per heavy atom. The van der Waals surface area contributed by atoms with Gasteiger partial charge in [0.05, 0.1) is 11.3 Å². The number of benzene rings is 1. The molecular weight excluding hydrogens is 469 g/mol. The highest BCUT2D eigenvalue weighted by Gasteiger charge is 2.37. The molecule has 2 aromatic rings. The molecule has 1 amide bonds. The summed E-state index contributed by atoms with van der Waals surface area (Å²) in [5.41, 5.74) is 0.0845. The van der Waals surface area contributed by atoms with Gasteiger partial charge in [0.15, 0.2) is 5.78 Å². The predicted octanol–water partition coefficient (Wildman–Crippen LogP) is 5.69.